The summed E-state index contributed by atoms with van der Waals surface area (Å²) >= 11 is 0. The van der Waals surface area contributed by atoms with Crippen molar-refractivity contribution in [3.05, 3.63) is 75.8 Å². The molecule has 0 aliphatic rings. The van der Waals surface area contributed by atoms with Gasteiger partial charge in [-0.05, 0) is 49.2 Å². The third-order valence-corrected chi connectivity index (χ3v) is 4.68. The monoisotopic (exact) mass is 416 g/mol. The van der Waals surface area contributed by atoms with Crippen LogP contribution < -0.4 is 9.84 Å². The molecule has 1 aromatic heterocycles. The number of ether oxygens (including phenoxy) is 1. The lowest BCUT2D eigenvalue weighted by molar-refractivity contribution is -0.385. The summed E-state index contributed by atoms with van der Waals surface area (Å²) in [5.74, 6) is -0.0235. The van der Waals surface area contributed by atoms with Crippen molar-refractivity contribution >= 4 is 28.7 Å². The smallest absolute Gasteiger partial charge is 0.273 e. The predicted molar refractivity (Wildman–Crippen MR) is 115 cm³/mol. The number of oxazole rings is 1. The number of aromatic nitrogens is 1. The minimum atomic E-state index is -0.576. The summed E-state index contributed by atoms with van der Waals surface area (Å²) in [6.07, 6.45) is 1.29. The van der Waals surface area contributed by atoms with Gasteiger partial charge in [-0.2, -0.15) is 0 Å². The Morgan fingerprint density at radius 3 is 2.74 bits per heavy atom. The third kappa shape index (κ3) is 4.09. The highest BCUT2D eigenvalue weighted by Gasteiger charge is 2.13. The zero-order chi connectivity index (χ0) is 22.0. The first kappa shape index (κ1) is 20.1. The topological polar surface area (TPSA) is 114 Å². The molecule has 3 aromatic carbocycles. The van der Waals surface area contributed by atoms with Crippen LogP contribution in [-0.2, 0) is 0 Å². The van der Waals surface area contributed by atoms with Crippen molar-refractivity contribution in [1.29, 1.82) is 0 Å². The van der Waals surface area contributed by atoms with Gasteiger partial charge in [-0.25, -0.2) is 4.98 Å². The van der Waals surface area contributed by atoms with Crippen molar-refractivity contribution < 1.29 is 19.2 Å². The summed E-state index contributed by atoms with van der Waals surface area (Å²) < 4.78 is 11.1. The fourth-order valence-corrected chi connectivity index (χ4v) is 3.14. The van der Waals surface area contributed by atoms with Crippen LogP contribution in [0, 0.1) is 17.0 Å². The Kier molecular flexibility index (Phi) is 5.36. The number of benzene rings is 3. The third-order valence-electron chi connectivity index (χ3n) is 4.68. The number of hydrogen-bond acceptors (Lipinski definition) is 7. The molecule has 4 rings (SSSR count). The van der Waals surface area contributed by atoms with Crippen LogP contribution in [0.2, 0.25) is 0 Å². The fourth-order valence-electron chi connectivity index (χ4n) is 3.14. The Morgan fingerprint density at radius 1 is 1.19 bits per heavy atom. The number of hydrogen-bond donors (Lipinski definition) is 0. The minimum absolute atomic E-state index is 0.0681. The molecule has 156 valence electrons. The van der Waals surface area contributed by atoms with E-state index in [4.69, 9.17) is 9.15 Å². The van der Waals surface area contributed by atoms with Gasteiger partial charge >= 0.3 is 0 Å². The zero-order valence-electron chi connectivity index (χ0n) is 16.9. The largest absolute Gasteiger partial charge is 0.870 e. The molecule has 31 heavy (non-hydrogen) atoms. The quantitative estimate of drug-likeness (QED) is 0.250. The first-order valence-corrected chi connectivity index (χ1v) is 9.59. The van der Waals surface area contributed by atoms with Gasteiger partial charge < -0.3 is 14.3 Å². The van der Waals surface area contributed by atoms with Crippen LogP contribution in [-0.4, -0.2) is 22.7 Å². The van der Waals surface area contributed by atoms with E-state index in [0.717, 1.165) is 17.2 Å². The Bertz CT molecular complexity index is 1310. The number of aryl methyl sites for hydroxylation is 1. The summed E-state index contributed by atoms with van der Waals surface area (Å²) in [5.41, 5.74) is 3.53. The van der Waals surface area contributed by atoms with Gasteiger partial charge in [0.2, 0.25) is 5.89 Å². The molecular formula is C23H18N3O5-. The van der Waals surface area contributed by atoms with Gasteiger partial charge in [0.1, 0.15) is 11.3 Å². The molecule has 0 spiro atoms. The van der Waals surface area contributed by atoms with Crippen LogP contribution in [0.1, 0.15) is 18.1 Å². The van der Waals surface area contributed by atoms with Gasteiger partial charge in [0.05, 0.1) is 23.3 Å². The zero-order valence-corrected chi connectivity index (χ0v) is 16.9. The highest BCUT2D eigenvalue weighted by Crippen LogP contribution is 2.33. The summed E-state index contributed by atoms with van der Waals surface area (Å²) in [6.45, 7) is 3.90. The molecule has 8 nitrogen and oxygen atoms in total. The van der Waals surface area contributed by atoms with Crippen molar-refractivity contribution in [3.63, 3.8) is 0 Å². The Balaban J connectivity index is 1.69. The molecule has 0 saturated heterocycles. The van der Waals surface area contributed by atoms with E-state index in [2.05, 4.69) is 9.98 Å². The van der Waals surface area contributed by atoms with Gasteiger partial charge in [-0.3, -0.25) is 15.1 Å². The number of nitro groups is 1. The van der Waals surface area contributed by atoms with E-state index >= 15 is 0 Å². The average Bonchev–Trinajstić information content (AvgIpc) is 3.17. The number of rotatable bonds is 6. The molecule has 0 N–H and O–H groups in total. The minimum Gasteiger partial charge on any atom is -0.870 e. The van der Waals surface area contributed by atoms with E-state index in [-0.39, 0.29) is 23.6 Å². The van der Waals surface area contributed by atoms with Gasteiger partial charge in [0.15, 0.2) is 5.58 Å². The van der Waals surface area contributed by atoms with Crippen LogP contribution in [0.15, 0.2) is 64.0 Å². The maximum atomic E-state index is 12.5. The van der Waals surface area contributed by atoms with E-state index in [1.165, 1.54) is 12.3 Å². The van der Waals surface area contributed by atoms with Gasteiger partial charge in [0, 0.05) is 17.8 Å². The molecule has 0 fully saturated rings. The van der Waals surface area contributed by atoms with Crippen LogP contribution in [0.5, 0.6) is 11.5 Å². The van der Waals surface area contributed by atoms with Crippen molar-refractivity contribution in [2.24, 2.45) is 4.99 Å². The van der Waals surface area contributed by atoms with E-state index in [1.54, 1.807) is 25.1 Å². The molecule has 0 aliphatic carbocycles. The van der Waals surface area contributed by atoms with E-state index in [1.807, 2.05) is 31.2 Å². The summed E-state index contributed by atoms with van der Waals surface area (Å²) in [4.78, 5) is 19.4. The Morgan fingerprint density at radius 2 is 2.00 bits per heavy atom. The van der Waals surface area contributed by atoms with E-state index in [9.17, 15) is 15.2 Å². The molecular weight excluding hydrogens is 398 g/mol. The summed E-state index contributed by atoms with van der Waals surface area (Å²) in [7, 11) is 0. The van der Waals surface area contributed by atoms with Crippen molar-refractivity contribution in [1.82, 2.24) is 4.98 Å². The molecule has 1 heterocycles. The fraction of sp³-hybridized carbons (Fsp3) is 0.130. The first-order chi connectivity index (χ1) is 15.0. The molecule has 0 aliphatic heterocycles. The van der Waals surface area contributed by atoms with Crippen LogP contribution >= 0.6 is 0 Å². The highest BCUT2D eigenvalue weighted by atomic mass is 16.6. The van der Waals surface area contributed by atoms with Gasteiger partial charge in [-0.15, -0.1) is 0 Å². The summed E-state index contributed by atoms with van der Waals surface area (Å²) in [5, 5.41) is 23.7. The van der Waals surface area contributed by atoms with Crippen LogP contribution in [0.4, 0.5) is 11.4 Å². The summed E-state index contributed by atoms with van der Waals surface area (Å²) in [6, 6.07) is 15.3. The van der Waals surface area contributed by atoms with Crippen molar-refractivity contribution in [2.45, 2.75) is 13.8 Å². The van der Waals surface area contributed by atoms with Crippen molar-refractivity contribution in [3.8, 4) is 23.0 Å². The Labute approximate surface area is 177 Å². The molecule has 8 heteroatoms. The SMILES string of the molecule is CCOc1cc([N+](=O)[O-])cc(C=Nc2ccc3oc(-c4ccccc4C)nc3c2)c1[O-]. The molecule has 0 saturated carbocycles. The normalized spacial score (nSPS) is 11.3. The maximum absolute atomic E-state index is 12.5. The number of nitro benzene ring substituents is 1. The average molecular weight is 416 g/mol. The lowest BCUT2D eigenvalue weighted by Crippen LogP contribution is -2.04. The second-order valence-corrected chi connectivity index (χ2v) is 6.80. The predicted octanol–water partition coefficient (Wildman–Crippen LogP) is 4.93. The van der Waals surface area contributed by atoms with Gasteiger partial charge in [0.25, 0.3) is 5.69 Å². The Hall–Kier alpha value is -4.20. The van der Waals surface area contributed by atoms with E-state index < -0.39 is 10.7 Å². The molecule has 0 amide bonds. The lowest BCUT2D eigenvalue weighted by atomic mass is 10.1. The van der Waals surface area contributed by atoms with Crippen LogP contribution in [0.25, 0.3) is 22.6 Å². The van der Waals surface area contributed by atoms with Gasteiger partial charge in [-0.1, -0.05) is 23.9 Å². The van der Waals surface area contributed by atoms with Crippen molar-refractivity contribution in [2.75, 3.05) is 6.61 Å². The standard InChI is InChI=1S/C23H19N3O5/c1-3-30-21-12-17(26(28)29)10-15(22(21)27)13-24-16-8-9-20-19(11-16)25-23(31-20)18-7-5-4-6-14(18)2/h4-13,27H,3H2,1-2H3/p-1. The lowest BCUT2D eigenvalue weighted by Gasteiger charge is -2.16. The molecule has 0 bridgehead atoms. The number of aliphatic imine (C=N–C) groups is 1. The maximum Gasteiger partial charge on any atom is 0.273 e. The highest BCUT2D eigenvalue weighted by molar-refractivity contribution is 5.89. The second kappa shape index (κ2) is 8.27. The molecule has 4 aromatic rings. The number of fused-ring (bicyclic) bond motifs is 1. The van der Waals surface area contributed by atoms with E-state index in [0.29, 0.717) is 22.7 Å². The second-order valence-electron chi connectivity index (χ2n) is 6.80. The molecule has 0 atom stereocenters. The molecule has 0 radical (unpaired) electrons. The number of non-ortho nitro benzene ring substituents is 1. The number of nitrogens with zero attached hydrogens (tertiary/aromatic N) is 3. The van der Waals surface area contributed by atoms with Crippen LogP contribution in [0.3, 0.4) is 0 Å². The molecule has 0 unspecified atom stereocenters. The first-order valence-electron chi connectivity index (χ1n) is 9.59.